The van der Waals surface area contributed by atoms with Crippen molar-refractivity contribution in [3.05, 3.63) is 53.4 Å². The molecule has 1 aromatic carbocycles. The number of hydrogen-bond acceptors (Lipinski definition) is 4. The number of amides is 1. The predicted octanol–water partition coefficient (Wildman–Crippen LogP) is 3.64. The summed E-state index contributed by atoms with van der Waals surface area (Å²) in [5, 5.41) is 7.33. The molecule has 1 aromatic heterocycles. The van der Waals surface area contributed by atoms with E-state index in [1.165, 1.54) is 5.56 Å². The van der Waals surface area contributed by atoms with E-state index in [9.17, 15) is 9.59 Å². The summed E-state index contributed by atoms with van der Waals surface area (Å²) in [6.07, 6.45) is 6.41. The number of aromatic nitrogens is 2. The van der Waals surface area contributed by atoms with Gasteiger partial charge in [-0.15, -0.1) is 0 Å². The molecule has 0 bridgehead atoms. The van der Waals surface area contributed by atoms with Crippen molar-refractivity contribution in [2.45, 2.75) is 40.0 Å². The molecule has 6 nitrogen and oxygen atoms in total. The van der Waals surface area contributed by atoms with Gasteiger partial charge >= 0.3 is 5.97 Å². The third-order valence-electron chi connectivity index (χ3n) is 4.74. The van der Waals surface area contributed by atoms with E-state index in [4.69, 9.17) is 4.74 Å². The van der Waals surface area contributed by atoms with Crippen LogP contribution < -0.4 is 5.32 Å². The highest BCUT2D eigenvalue weighted by molar-refractivity contribution is 5.94. The van der Waals surface area contributed by atoms with Gasteiger partial charge in [-0.2, -0.15) is 5.10 Å². The molecule has 1 amide bonds. The third-order valence-corrected chi connectivity index (χ3v) is 4.74. The van der Waals surface area contributed by atoms with Crippen molar-refractivity contribution >= 4 is 17.6 Å². The highest BCUT2D eigenvalue weighted by Gasteiger charge is 2.18. The Bertz CT molecular complexity index is 866. The van der Waals surface area contributed by atoms with E-state index >= 15 is 0 Å². The van der Waals surface area contributed by atoms with Crippen LogP contribution in [0.4, 0.5) is 5.69 Å². The van der Waals surface area contributed by atoms with Crippen LogP contribution >= 0.6 is 0 Å². The topological polar surface area (TPSA) is 73.2 Å². The summed E-state index contributed by atoms with van der Waals surface area (Å²) < 4.78 is 6.90. The van der Waals surface area contributed by atoms with Crippen LogP contribution in [0.2, 0.25) is 0 Å². The summed E-state index contributed by atoms with van der Waals surface area (Å²) in [7, 11) is 0. The van der Waals surface area contributed by atoms with Gasteiger partial charge in [-0.1, -0.05) is 29.8 Å². The van der Waals surface area contributed by atoms with E-state index in [1.54, 1.807) is 4.68 Å². The second-order valence-electron chi connectivity index (χ2n) is 6.97. The molecule has 1 aliphatic rings. The maximum absolute atomic E-state index is 12.2. The Morgan fingerprint density at radius 1 is 1.22 bits per heavy atom. The molecule has 27 heavy (non-hydrogen) atoms. The fourth-order valence-corrected chi connectivity index (χ4v) is 3.22. The second-order valence-corrected chi connectivity index (χ2v) is 6.97. The zero-order valence-corrected chi connectivity index (χ0v) is 16.0. The van der Waals surface area contributed by atoms with Gasteiger partial charge in [0.2, 0.25) is 0 Å². The molecule has 0 fully saturated rings. The van der Waals surface area contributed by atoms with Crippen molar-refractivity contribution in [1.82, 2.24) is 9.78 Å². The summed E-state index contributed by atoms with van der Waals surface area (Å²) in [6, 6.07) is 8.01. The van der Waals surface area contributed by atoms with E-state index in [0.29, 0.717) is 17.8 Å². The second kappa shape index (κ2) is 8.20. The minimum atomic E-state index is -0.361. The lowest BCUT2D eigenvalue weighted by Gasteiger charge is -2.09. The standard InChI is InChI=1S/C21H25N3O3/c1-14-8-10-18(11-9-14)24-16(3)21(15(2)23-24)22-19(25)13-27-20(26)12-17-6-4-5-7-17/h4,6,8-11,17H,5,7,12-13H2,1-3H3,(H,22,25)/t17-/m1/s1. The van der Waals surface area contributed by atoms with E-state index in [2.05, 4.69) is 16.5 Å². The summed E-state index contributed by atoms with van der Waals surface area (Å²) in [5.41, 5.74) is 4.28. The highest BCUT2D eigenvalue weighted by Crippen LogP contribution is 2.23. The molecule has 0 spiro atoms. The van der Waals surface area contributed by atoms with Crippen molar-refractivity contribution in [1.29, 1.82) is 0 Å². The zero-order chi connectivity index (χ0) is 19.4. The van der Waals surface area contributed by atoms with Gasteiger partial charge in [0.15, 0.2) is 6.61 Å². The quantitative estimate of drug-likeness (QED) is 0.625. The van der Waals surface area contributed by atoms with Gasteiger partial charge in [0.1, 0.15) is 0 Å². The summed E-state index contributed by atoms with van der Waals surface area (Å²) >= 11 is 0. The van der Waals surface area contributed by atoms with Gasteiger partial charge in [-0.05, 0) is 51.7 Å². The first-order chi connectivity index (χ1) is 12.9. The number of esters is 1. The molecule has 1 aliphatic carbocycles. The van der Waals surface area contributed by atoms with Crippen molar-refractivity contribution in [2.75, 3.05) is 11.9 Å². The minimum Gasteiger partial charge on any atom is -0.456 e. The molecule has 3 rings (SSSR count). The Hall–Kier alpha value is -2.89. The number of rotatable bonds is 6. The molecule has 0 unspecified atom stereocenters. The fourth-order valence-electron chi connectivity index (χ4n) is 3.22. The molecular formula is C21H25N3O3. The Balaban J connectivity index is 1.59. The lowest BCUT2D eigenvalue weighted by atomic mass is 10.1. The summed E-state index contributed by atoms with van der Waals surface area (Å²) in [4.78, 5) is 24.1. The number of benzene rings is 1. The highest BCUT2D eigenvalue weighted by atomic mass is 16.5. The Morgan fingerprint density at radius 3 is 2.63 bits per heavy atom. The average molecular weight is 367 g/mol. The van der Waals surface area contributed by atoms with E-state index < -0.39 is 0 Å². The van der Waals surface area contributed by atoms with Crippen LogP contribution in [0, 0.1) is 26.7 Å². The first kappa shape index (κ1) is 18.9. The van der Waals surface area contributed by atoms with Crippen LogP contribution in [0.25, 0.3) is 5.69 Å². The lowest BCUT2D eigenvalue weighted by Crippen LogP contribution is -2.22. The van der Waals surface area contributed by atoms with Crippen LogP contribution in [0.15, 0.2) is 36.4 Å². The largest absolute Gasteiger partial charge is 0.456 e. The molecule has 1 N–H and O–H groups in total. The number of carbonyl (C=O) groups excluding carboxylic acids is 2. The number of allylic oxidation sites excluding steroid dienone is 2. The van der Waals surface area contributed by atoms with Crippen LogP contribution in [0.5, 0.6) is 0 Å². The van der Waals surface area contributed by atoms with Crippen molar-refractivity contribution in [3.63, 3.8) is 0 Å². The van der Waals surface area contributed by atoms with Gasteiger partial charge < -0.3 is 10.1 Å². The lowest BCUT2D eigenvalue weighted by molar-refractivity contribution is -0.147. The monoisotopic (exact) mass is 367 g/mol. The fraction of sp³-hybridized carbons (Fsp3) is 0.381. The van der Waals surface area contributed by atoms with Crippen molar-refractivity contribution < 1.29 is 14.3 Å². The number of hydrogen-bond donors (Lipinski definition) is 1. The van der Waals surface area contributed by atoms with Crippen molar-refractivity contribution in [2.24, 2.45) is 5.92 Å². The number of anilines is 1. The molecule has 6 heteroatoms. The Kier molecular flexibility index (Phi) is 5.74. The van der Waals surface area contributed by atoms with E-state index in [0.717, 1.165) is 24.2 Å². The number of nitrogens with one attached hydrogen (secondary N) is 1. The molecule has 0 saturated heterocycles. The third kappa shape index (κ3) is 4.64. The molecule has 2 aromatic rings. The van der Waals surface area contributed by atoms with Gasteiger partial charge in [0, 0.05) is 0 Å². The number of carbonyl (C=O) groups is 2. The molecular weight excluding hydrogens is 342 g/mol. The molecule has 142 valence electrons. The first-order valence-corrected chi connectivity index (χ1v) is 9.19. The Morgan fingerprint density at radius 2 is 1.96 bits per heavy atom. The van der Waals surface area contributed by atoms with Crippen LogP contribution in [0.1, 0.15) is 36.2 Å². The van der Waals surface area contributed by atoms with Crippen LogP contribution in [0.3, 0.4) is 0 Å². The predicted molar refractivity (Wildman–Crippen MR) is 104 cm³/mol. The number of aryl methyl sites for hydroxylation is 2. The first-order valence-electron chi connectivity index (χ1n) is 9.19. The maximum atomic E-state index is 12.2. The number of ether oxygens (including phenoxy) is 1. The molecule has 0 radical (unpaired) electrons. The van der Waals surface area contributed by atoms with Crippen LogP contribution in [-0.2, 0) is 14.3 Å². The average Bonchev–Trinajstić information content (AvgIpc) is 3.24. The van der Waals surface area contributed by atoms with Crippen molar-refractivity contribution in [3.8, 4) is 5.69 Å². The zero-order valence-electron chi connectivity index (χ0n) is 16.0. The minimum absolute atomic E-state index is 0.234. The molecule has 0 aliphatic heterocycles. The molecule has 1 heterocycles. The van der Waals surface area contributed by atoms with Gasteiger partial charge in [0.25, 0.3) is 5.91 Å². The number of nitrogens with zero attached hydrogens (tertiary/aromatic N) is 2. The SMILES string of the molecule is Cc1ccc(-n2nc(C)c(NC(=O)COC(=O)C[C@@H]3C=CCC3)c2C)cc1. The van der Waals surface area contributed by atoms with Gasteiger partial charge in [-0.3, -0.25) is 9.59 Å². The normalized spacial score (nSPS) is 15.7. The molecule has 0 saturated carbocycles. The van der Waals surface area contributed by atoms with Crippen LogP contribution in [-0.4, -0.2) is 28.3 Å². The Labute approximate surface area is 159 Å². The van der Waals surface area contributed by atoms with Gasteiger partial charge in [0.05, 0.1) is 29.2 Å². The summed E-state index contributed by atoms with van der Waals surface area (Å²) in [5.74, 6) is -0.469. The van der Waals surface area contributed by atoms with Gasteiger partial charge in [-0.25, -0.2) is 4.68 Å². The molecule has 1 atom stereocenters. The van der Waals surface area contributed by atoms with E-state index in [-0.39, 0.29) is 24.4 Å². The maximum Gasteiger partial charge on any atom is 0.306 e. The van der Waals surface area contributed by atoms with E-state index in [1.807, 2.05) is 51.1 Å². The summed E-state index contributed by atoms with van der Waals surface area (Å²) in [6.45, 7) is 5.48. The smallest absolute Gasteiger partial charge is 0.306 e.